The number of aromatic nitrogens is 2. The molecule has 0 bridgehead atoms. The van der Waals surface area contributed by atoms with Gasteiger partial charge in [-0.25, -0.2) is 4.98 Å². The van der Waals surface area contributed by atoms with Gasteiger partial charge in [0.15, 0.2) is 0 Å². The zero-order valence-corrected chi connectivity index (χ0v) is 15.8. The van der Waals surface area contributed by atoms with E-state index < -0.39 is 17.3 Å². The van der Waals surface area contributed by atoms with Crippen molar-refractivity contribution in [2.45, 2.75) is 12.7 Å². The molecule has 26 heavy (non-hydrogen) atoms. The molecule has 0 amide bonds. The first-order chi connectivity index (χ1) is 12.3. The lowest BCUT2D eigenvalue weighted by Crippen LogP contribution is -2.28. The largest absolute Gasteiger partial charge is 0.496 e. The number of ether oxygens (including phenoxy) is 1. The fraction of sp³-hybridized carbons (Fsp3) is 0.176. The predicted octanol–water partition coefficient (Wildman–Crippen LogP) is 4.81. The molecule has 0 spiro atoms. The Morgan fingerprint density at radius 1 is 1.31 bits per heavy atom. The van der Waals surface area contributed by atoms with Gasteiger partial charge in [0.25, 0.3) is 5.56 Å². The normalized spacial score (nSPS) is 11.6. The first-order valence-corrected chi connectivity index (χ1v) is 9.02. The Balaban J connectivity index is 1.93. The maximum atomic E-state index is 12.9. The summed E-state index contributed by atoms with van der Waals surface area (Å²) in [6.07, 6.45) is -3.37. The molecule has 136 valence electrons. The van der Waals surface area contributed by atoms with Crippen molar-refractivity contribution in [3.05, 3.63) is 68.0 Å². The monoisotopic (exact) mass is 444 g/mol. The summed E-state index contributed by atoms with van der Waals surface area (Å²) >= 11 is 4.71. The highest BCUT2D eigenvalue weighted by molar-refractivity contribution is 9.10. The summed E-state index contributed by atoms with van der Waals surface area (Å²) in [7, 11) is 1.55. The van der Waals surface area contributed by atoms with E-state index in [4.69, 9.17) is 4.74 Å². The van der Waals surface area contributed by atoms with Gasteiger partial charge in [0, 0.05) is 16.0 Å². The molecule has 9 heteroatoms. The number of thiazole rings is 1. The van der Waals surface area contributed by atoms with E-state index in [-0.39, 0.29) is 6.54 Å². The van der Waals surface area contributed by atoms with Crippen LogP contribution in [0.1, 0.15) is 11.3 Å². The number of nitrogens with zero attached hydrogens (tertiary/aromatic N) is 2. The van der Waals surface area contributed by atoms with Crippen molar-refractivity contribution < 1.29 is 17.9 Å². The Labute approximate surface area is 159 Å². The Morgan fingerprint density at radius 2 is 2.08 bits per heavy atom. The third-order valence-corrected chi connectivity index (χ3v) is 5.02. The summed E-state index contributed by atoms with van der Waals surface area (Å²) in [4.78, 5) is 16.5. The van der Waals surface area contributed by atoms with Crippen molar-refractivity contribution in [3.8, 4) is 16.3 Å². The van der Waals surface area contributed by atoms with Crippen LogP contribution in [0.4, 0.5) is 13.2 Å². The molecule has 2 heterocycles. The molecule has 2 aromatic heterocycles. The third kappa shape index (κ3) is 3.83. The topological polar surface area (TPSA) is 44.1 Å². The van der Waals surface area contributed by atoms with Crippen molar-refractivity contribution in [1.29, 1.82) is 0 Å². The third-order valence-electron chi connectivity index (χ3n) is 3.60. The number of benzene rings is 1. The number of pyridine rings is 1. The molecule has 3 aromatic rings. The highest BCUT2D eigenvalue weighted by Crippen LogP contribution is 2.34. The molecular weight excluding hydrogens is 433 g/mol. The fourth-order valence-electron chi connectivity index (χ4n) is 2.40. The highest BCUT2D eigenvalue weighted by atomic mass is 79.9. The van der Waals surface area contributed by atoms with Gasteiger partial charge in [0.2, 0.25) is 0 Å². The maximum absolute atomic E-state index is 12.9. The van der Waals surface area contributed by atoms with Crippen LogP contribution in [-0.2, 0) is 12.7 Å². The van der Waals surface area contributed by atoms with Crippen LogP contribution in [0.25, 0.3) is 10.6 Å². The number of halogens is 4. The SMILES string of the molecule is COc1ccc(Br)cc1-c1nc(Cn2cccc(C(F)(F)F)c2=O)cs1. The van der Waals surface area contributed by atoms with E-state index in [9.17, 15) is 18.0 Å². The van der Waals surface area contributed by atoms with Crippen LogP contribution in [0.15, 0.2) is 51.2 Å². The molecule has 0 unspecified atom stereocenters. The Bertz CT molecular complexity index is 998. The zero-order chi connectivity index (χ0) is 18.9. The minimum Gasteiger partial charge on any atom is -0.496 e. The molecule has 0 saturated heterocycles. The van der Waals surface area contributed by atoms with Crippen LogP contribution in [0.3, 0.4) is 0 Å². The van der Waals surface area contributed by atoms with E-state index in [0.717, 1.165) is 20.7 Å². The molecule has 0 aliphatic rings. The van der Waals surface area contributed by atoms with Gasteiger partial charge in [-0.2, -0.15) is 13.2 Å². The molecular formula is C17H12BrF3N2O2S. The lowest BCUT2D eigenvalue weighted by atomic mass is 10.2. The minimum absolute atomic E-state index is 0.0461. The van der Waals surface area contributed by atoms with Crippen LogP contribution in [0.2, 0.25) is 0 Å². The van der Waals surface area contributed by atoms with E-state index in [1.807, 2.05) is 12.1 Å². The summed E-state index contributed by atoms with van der Waals surface area (Å²) in [5.74, 6) is 0.630. The molecule has 0 radical (unpaired) electrons. The van der Waals surface area contributed by atoms with Crippen molar-refractivity contribution in [2.24, 2.45) is 0 Å². The number of methoxy groups -OCH3 is 1. The Hall–Kier alpha value is -2.13. The van der Waals surface area contributed by atoms with Crippen molar-refractivity contribution >= 4 is 27.3 Å². The van der Waals surface area contributed by atoms with Crippen LogP contribution in [0, 0.1) is 0 Å². The van der Waals surface area contributed by atoms with E-state index in [2.05, 4.69) is 20.9 Å². The van der Waals surface area contributed by atoms with Crippen LogP contribution in [-0.4, -0.2) is 16.7 Å². The molecule has 0 atom stereocenters. The number of alkyl halides is 3. The maximum Gasteiger partial charge on any atom is 0.421 e. The first kappa shape index (κ1) is 18.7. The minimum atomic E-state index is -4.68. The van der Waals surface area contributed by atoms with Crippen molar-refractivity contribution in [2.75, 3.05) is 7.11 Å². The molecule has 0 fully saturated rings. The second-order valence-electron chi connectivity index (χ2n) is 5.34. The van der Waals surface area contributed by atoms with Gasteiger partial charge in [-0.3, -0.25) is 4.79 Å². The number of hydrogen-bond acceptors (Lipinski definition) is 4. The summed E-state index contributed by atoms with van der Waals surface area (Å²) < 4.78 is 45.8. The lowest BCUT2D eigenvalue weighted by Gasteiger charge is -2.09. The molecule has 4 nitrogen and oxygen atoms in total. The predicted molar refractivity (Wildman–Crippen MR) is 96.6 cm³/mol. The van der Waals surface area contributed by atoms with Gasteiger partial charge in [-0.05, 0) is 30.3 Å². The molecule has 1 aromatic carbocycles. The molecule has 0 aliphatic carbocycles. The van der Waals surface area contributed by atoms with E-state index >= 15 is 0 Å². The van der Waals surface area contributed by atoms with Gasteiger partial charge < -0.3 is 9.30 Å². The molecule has 3 rings (SSSR count). The molecule has 0 aliphatic heterocycles. The van der Waals surface area contributed by atoms with Gasteiger partial charge in [-0.1, -0.05) is 15.9 Å². The van der Waals surface area contributed by atoms with E-state index in [0.29, 0.717) is 16.5 Å². The summed E-state index contributed by atoms with van der Waals surface area (Å²) in [5, 5.41) is 2.36. The van der Waals surface area contributed by atoms with Crippen LogP contribution < -0.4 is 10.3 Å². The van der Waals surface area contributed by atoms with Crippen LogP contribution >= 0.6 is 27.3 Å². The number of hydrogen-bond donors (Lipinski definition) is 0. The summed E-state index contributed by atoms with van der Waals surface area (Å²) in [6, 6.07) is 7.45. The Kier molecular flexibility index (Phi) is 5.19. The zero-order valence-electron chi connectivity index (χ0n) is 13.4. The average Bonchev–Trinajstić information content (AvgIpc) is 3.04. The van der Waals surface area contributed by atoms with Crippen molar-refractivity contribution in [1.82, 2.24) is 9.55 Å². The second-order valence-corrected chi connectivity index (χ2v) is 7.12. The second kappa shape index (κ2) is 7.24. The van der Waals surface area contributed by atoms with E-state index in [1.165, 1.54) is 23.6 Å². The summed E-state index contributed by atoms with van der Waals surface area (Å²) in [6.45, 7) is -0.0461. The van der Waals surface area contributed by atoms with Gasteiger partial charge in [0.1, 0.15) is 16.3 Å². The smallest absolute Gasteiger partial charge is 0.421 e. The average molecular weight is 445 g/mol. The number of rotatable bonds is 4. The van der Waals surface area contributed by atoms with Gasteiger partial charge in [0.05, 0.1) is 24.9 Å². The van der Waals surface area contributed by atoms with Gasteiger partial charge >= 0.3 is 6.18 Å². The Morgan fingerprint density at radius 3 is 2.77 bits per heavy atom. The lowest BCUT2D eigenvalue weighted by molar-refractivity contribution is -0.138. The fourth-order valence-corrected chi connectivity index (χ4v) is 3.59. The van der Waals surface area contributed by atoms with Crippen LogP contribution in [0.5, 0.6) is 5.75 Å². The molecule has 0 N–H and O–H groups in total. The summed E-state index contributed by atoms with van der Waals surface area (Å²) in [5.41, 5.74) is -1.03. The van der Waals surface area contributed by atoms with Crippen molar-refractivity contribution in [3.63, 3.8) is 0 Å². The standard InChI is InChI=1S/C17H12BrF3N2O2S/c1-25-14-5-4-10(18)7-12(14)15-22-11(9-26-15)8-23-6-2-3-13(16(23)24)17(19,20)21/h2-7,9H,8H2,1H3. The molecule has 0 saturated carbocycles. The van der Waals surface area contributed by atoms with E-state index in [1.54, 1.807) is 18.6 Å². The highest BCUT2D eigenvalue weighted by Gasteiger charge is 2.34. The first-order valence-electron chi connectivity index (χ1n) is 7.34. The van der Waals surface area contributed by atoms with Gasteiger partial charge in [-0.15, -0.1) is 11.3 Å². The quantitative estimate of drug-likeness (QED) is 0.579.